The molecule has 1 aromatic carbocycles. The molecule has 0 aromatic heterocycles. The first-order valence-electron chi connectivity index (χ1n) is 6.45. The summed E-state index contributed by atoms with van der Waals surface area (Å²) >= 11 is 0. The molecular formula is C14H21NO5. The van der Waals surface area contributed by atoms with E-state index in [1.807, 2.05) is 0 Å². The van der Waals surface area contributed by atoms with Crippen LogP contribution in [-0.4, -0.2) is 46.1 Å². The summed E-state index contributed by atoms with van der Waals surface area (Å²) < 4.78 is 20.6. The summed E-state index contributed by atoms with van der Waals surface area (Å²) in [5.41, 5.74) is 6.57. The number of benzene rings is 1. The van der Waals surface area contributed by atoms with Gasteiger partial charge in [-0.25, -0.2) is 4.79 Å². The summed E-state index contributed by atoms with van der Waals surface area (Å²) in [6.45, 7) is 3.82. The molecule has 0 saturated heterocycles. The van der Waals surface area contributed by atoms with Crippen molar-refractivity contribution in [1.29, 1.82) is 0 Å². The van der Waals surface area contributed by atoms with Gasteiger partial charge in [0.15, 0.2) is 0 Å². The minimum Gasteiger partial charge on any atom is -0.490 e. The fraction of sp³-hybridized carbons (Fsp3) is 0.500. The molecular weight excluding hydrogens is 262 g/mol. The second-order valence-electron chi connectivity index (χ2n) is 3.93. The monoisotopic (exact) mass is 283 g/mol. The van der Waals surface area contributed by atoms with Gasteiger partial charge in [-0.15, -0.1) is 0 Å². The molecule has 0 saturated carbocycles. The van der Waals surface area contributed by atoms with E-state index in [0.717, 1.165) is 0 Å². The molecule has 0 spiro atoms. The van der Waals surface area contributed by atoms with Crippen LogP contribution in [0.15, 0.2) is 18.2 Å². The van der Waals surface area contributed by atoms with Crippen molar-refractivity contribution in [3.8, 4) is 5.75 Å². The lowest BCUT2D eigenvalue weighted by molar-refractivity contribution is 0.0493. The first-order valence-corrected chi connectivity index (χ1v) is 6.45. The summed E-state index contributed by atoms with van der Waals surface area (Å²) in [5, 5.41) is 0. The van der Waals surface area contributed by atoms with Crippen molar-refractivity contribution in [3.05, 3.63) is 23.8 Å². The van der Waals surface area contributed by atoms with Crippen LogP contribution >= 0.6 is 0 Å². The minimum atomic E-state index is -0.428. The van der Waals surface area contributed by atoms with Crippen molar-refractivity contribution >= 4 is 11.7 Å². The van der Waals surface area contributed by atoms with E-state index in [2.05, 4.69) is 0 Å². The molecule has 0 amide bonds. The maximum atomic E-state index is 11.8. The summed E-state index contributed by atoms with van der Waals surface area (Å²) in [5.74, 6) is -0.0263. The molecule has 0 atom stereocenters. The number of rotatable bonds is 9. The van der Waals surface area contributed by atoms with Gasteiger partial charge in [-0.05, 0) is 19.1 Å². The maximum absolute atomic E-state index is 11.8. The van der Waals surface area contributed by atoms with Gasteiger partial charge in [-0.1, -0.05) is 0 Å². The zero-order valence-electron chi connectivity index (χ0n) is 11.9. The molecule has 0 heterocycles. The van der Waals surface area contributed by atoms with Crippen LogP contribution in [-0.2, 0) is 14.2 Å². The minimum absolute atomic E-state index is 0.308. The molecule has 1 aromatic rings. The van der Waals surface area contributed by atoms with Gasteiger partial charge < -0.3 is 24.7 Å². The number of anilines is 1. The number of ether oxygens (including phenoxy) is 4. The molecule has 0 unspecified atom stereocenters. The highest BCUT2D eigenvalue weighted by Crippen LogP contribution is 2.22. The van der Waals surface area contributed by atoms with E-state index >= 15 is 0 Å². The third kappa shape index (κ3) is 5.46. The molecule has 6 nitrogen and oxygen atoms in total. The Morgan fingerprint density at radius 2 is 1.95 bits per heavy atom. The summed E-state index contributed by atoms with van der Waals surface area (Å²) in [6, 6.07) is 4.82. The molecule has 0 aliphatic heterocycles. The highest BCUT2D eigenvalue weighted by molar-refractivity contribution is 5.93. The number of carbonyl (C=O) groups is 1. The molecule has 0 aliphatic carbocycles. The number of nitrogen functional groups attached to an aromatic ring is 1. The highest BCUT2D eigenvalue weighted by Gasteiger charge is 2.13. The Morgan fingerprint density at radius 1 is 1.20 bits per heavy atom. The Kier molecular flexibility index (Phi) is 7.46. The zero-order chi connectivity index (χ0) is 14.8. The zero-order valence-corrected chi connectivity index (χ0v) is 11.9. The van der Waals surface area contributed by atoms with Crippen LogP contribution in [0, 0.1) is 0 Å². The molecule has 0 fully saturated rings. The van der Waals surface area contributed by atoms with Gasteiger partial charge in [-0.2, -0.15) is 0 Å². The third-order valence-electron chi connectivity index (χ3n) is 2.42. The van der Waals surface area contributed by atoms with E-state index in [4.69, 9.17) is 24.7 Å². The molecule has 1 rings (SSSR count). The van der Waals surface area contributed by atoms with Crippen molar-refractivity contribution in [2.24, 2.45) is 0 Å². The van der Waals surface area contributed by atoms with Crippen molar-refractivity contribution in [1.82, 2.24) is 0 Å². The number of esters is 1. The van der Waals surface area contributed by atoms with Gasteiger partial charge in [-0.3, -0.25) is 0 Å². The van der Waals surface area contributed by atoms with Crippen LogP contribution < -0.4 is 10.5 Å². The van der Waals surface area contributed by atoms with Gasteiger partial charge in [0.25, 0.3) is 0 Å². The first kappa shape index (κ1) is 16.3. The van der Waals surface area contributed by atoms with E-state index < -0.39 is 5.97 Å². The highest BCUT2D eigenvalue weighted by atomic mass is 16.5. The van der Waals surface area contributed by atoms with Crippen molar-refractivity contribution in [2.45, 2.75) is 6.92 Å². The molecule has 20 heavy (non-hydrogen) atoms. The van der Waals surface area contributed by atoms with E-state index in [0.29, 0.717) is 50.0 Å². The van der Waals surface area contributed by atoms with E-state index in [1.54, 1.807) is 32.2 Å². The van der Waals surface area contributed by atoms with E-state index in [9.17, 15) is 4.79 Å². The van der Waals surface area contributed by atoms with Gasteiger partial charge in [0, 0.05) is 18.9 Å². The van der Waals surface area contributed by atoms with Crippen molar-refractivity contribution in [2.75, 3.05) is 45.9 Å². The number of methoxy groups -OCH3 is 1. The van der Waals surface area contributed by atoms with Crippen LogP contribution in [0.25, 0.3) is 0 Å². The van der Waals surface area contributed by atoms with Crippen molar-refractivity contribution in [3.63, 3.8) is 0 Å². The first-order chi connectivity index (χ1) is 9.69. The van der Waals surface area contributed by atoms with Gasteiger partial charge in [0.1, 0.15) is 17.9 Å². The van der Waals surface area contributed by atoms with E-state index in [-0.39, 0.29) is 0 Å². The van der Waals surface area contributed by atoms with Gasteiger partial charge in [0.2, 0.25) is 0 Å². The predicted molar refractivity (Wildman–Crippen MR) is 75.0 cm³/mol. The van der Waals surface area contributed by atoms with Crippen LogP contribution in [0.5, 0.6) is 5.75 Å². The van der Waals surface area contributed by atoms with Gasteiger partial charge in [0.05, 0.1) is 26.4 Å². The van der Waals surface area contributed by atoms with Gasteiger partial charge >= 0.3 is 5.97 Å². The Labute approximate surface area is 118 Å². The average molecular weight is 283 g/mol. The van der Waals surface area contributed by atoms with E-state index in [1.165, 1.54) is 0 Å². The molecule has 112 valence electrons. The quantitative estimate of drug-likeness (QED) is 0.420. The molecule has 2 N–H and O–H groups in total. The summed E-state index contributed by atoms with van der Waals surface area (Å²) in [6.07, 6.45) is 0. The molecule has 0 bridgehead atoms. The Hall–Kier alpha value is -1.79. The lowest BCUT2D eigenvalue weighted by Crippen LogP contribution is -2.13. The van der Waals surface area contributed by atoms with Crippen LogP contribution in [0.3, 0.4) is 0 Å². The lowest BCUT2D eigenvalue weighted by Gasteiger charge is -2.11. The Balaban J connectivity index is 2.54. The third-order valence-corrected chi connectivity index (χ3v) is 2.42. The fourth-order valence-corrected chi connectivity index (χ4v) is 1.49. The normalized spacial score (nSPS) is 10.3. The molecule has 6 heteroatoms. The van der Waals surface area contributed by atoms with Crippen LogP contribution in [0.1, 0.15) is 17.3 Å². The number of hydrogen-bond donors (Lipinski definition) is 1. The Morgan fingerprint density at radius 3 is 2.65 bits per heavy atom. The number of carbonyl (C=O) groups excluding carboxylic acids is 1. The largest absolute Gasteiger partial charge is 0.490 e. The second-order valence-corrected chi connectivity index (χ2v) is 3.93. The topological polar surface area (TPSA) is 80.0 Å². The summed E-state index contributed by atoms with van der Waals surface area (Å²) in [7, 11) is 1.61. The summed E-state index contributed by atoms with van der Waals surface area (Å²) in [4.78, 5) is 11.8. The van der Waals surface area contributed by atoms with Crippen molar-refractivity contribution < 1.29 is 23.7 Å². The predicted octanol–water partition coefficient (Wildman–Crippen LogP) is 1.49. The smallest absolute Gasteiger partial charge is 0.341 e. The number of hydrogen-bond acceptors (Lipinski definition) is 6. The molecule has 0 radical (unpaired) electrons. The number of nitrogens with two attached hydrogens (primary N) is 1. The second kappa shape index (κ2) is 9.17. The molecule has 0 aliphatic rings. The van der Waals surface area contributed by atoms with Crippen LogP contribution in [0.2, 0.25) is 0 Å². The maximum Gasteiger partial charge on any atom is 0.341 e. The average Bonchev–Trinajstić information content (AvgIpc) is 2.43. The fourth-order valence-electron chi connectivity index (χ4n) is 1.49. The lowest BCUT2D eigenvalue weighted by atomic mass is 10.2. The Bertz CT molecular complexity index is 422. The SMILES string of the molecule is CCOC(=O)c1ccc(N)cc1OCCOCCOC. The standard InChI is InChI=1S/C14H21NO5/c1-3-19-14(16)12-5-4-11(15)10-13(12)20-9-8-18-7-6-17-2/h4-5,10H,3,6-9,15H2,1-2H3. The van der Waals surface area contributed by atoms with Crippen LogP contribution in [0.4, 0.5) is 5.69 Å².